The molecule has 1 nitrogen and oxygen atoms in total. The van der Waals surface area contributed by atoms with Crippen LogP contribution in [0.1, 0.15) is 30.0 Å². The molecule has 0 saturated heterocycles. The van der Waals surface area contributed by atoms with Crippen LogP contribution in [0.15, 0.2) is 18.2 Å². The smallest absolute Gasteiger partial charge is 0.0730 e. The Balaban J connectivity index is 2.72. The van der Waals surface area contributed by atoms with Crippen molar-refractivity contribution >= 4 is 17.2 Å². The standard InChI is InChI=1S/C13H19NS/c1-9(8-13(14)15)7-12-6-4-5-10(2)11(12)3/h4-6,9H,7-8H2,1-3H3,(H2,14,15). The third-order valence-electron chi connectivity index (χ3n) is 2.83. The number of benzene rings is 1. The summed E-state index contributed by atoms with van der Waals surface area (Å²) in [6.07, 6.45) is 1.90. The molecule has 2 N–H and O–H groups in total. The molecule has 0 bridgehead atoms. The lowest BCUT2D eigenvalue weighted by atomic mass is 9.93. The molecule has 2 heteroatoms. The van der Waals surface area contributed by atoms with Gasteiger partial charge in [0.1, 0.15) is 0 Å². The molecular formula is C13H19NS. The molecular weight excluding hydrogens is 202 g/mol. The fourth-order valence-electron chi connectivity index (χ4n) is 1.82. The van der Waals surface area contributed by atoms with Crippen molar-refractivity contribution in [2.24, 2.45) is 11.7 Å². The van der Waals surface area contributed by atoms with E-state index in [9.17, 15) is 0 Å². The number of nitrogens with two attached hydrogens (primary N) is 1. The fraction of sp³-hybridized carbons (Fsp3) is 0.462. The summed E-state index contributed by atoms with van der Waals surface area (Å²) in [5.41, 5.74) is 9.71. The average molecular weight is 221 g/mol. The lowest BCUT2D eigenvalue weighted by Crippen LogP contribution is -2.14. The maximum atomic E-state index is 5.55. The van der Waals surface area contributed by atoms with E-state index >= 15 is 0 Å². The van der Waals surface area contributed by atoms with Gasteiger partial charge in [0, 0.05) is 6.42 Å². The van der Waals surface area contributed by atoms with Gasteiger partial charge in [-0.05, 0) is 42.9 Å². The molecule has 1 atom stereocenters. The van der Waals surface area contributed by atoms with Crippen LogP contribution in [0.25, 0.3) is 0 Å². The van der Waals surface area contributed by atoms with E-state index in [1.165, 1.54) is 16.7 Å². The Hall–Kier alpha value is -0.890. The Kier molecular flexibility index (Phi) is 4.28. The first-order chi connectivity index (χ1) is 7.00. The summed E-state index contributed by atoms with van der Waals surface area (Å²) >= 11 is 4.92. The second kappa shape index (κ2) is 5.26. The van der Waals surface area contributed by atoms with Gasteiger partial charge >= 0.3 is 0 Å². The van der Waals surface area contributed by atoms with E-state index in [4.69, 9.17) is 18.0 Å². The lowest BCUT2D eigenvalue weighted by molar-refractivity contribution is 0.605. The summed E-state index contributed by atoms with van der Waals surface area (Å²) in [5, 5.41) is 0. The van der Waals surface area contributed by atoms with Crippen LogP contribution in [0.2, 0.25) is 0 Å². The molecule has 0 aliphatic heterocycles. The lowest BCUT2D eigenvalue weighted by Gasteiger charge is -2.13. The predicted molar refractivity (Wildman–Crippen MR) is 70.2 cm³/mol. The highest BCUT2D eigenvalue weighted by molar-refractivity contribution is 7.80. The molecule has 0 aliphatic rings. The molecule has 0 amide bonds. The highest BCUT2D eigenvalue weighted by Crippen LogP contribution is 2.18. The van der Waals surface area contributed by atoms with Crippen molar-refractivity contribution < 1.29 is 0 Å². The third kappa shape index (κ3) is 3.63. The average Bonchev–Trinajstić information content (AvgIpc) is 2.11. The number of rotatable bonds is 4. The minimum absolute atomic E-state index is 0.531. The topological polar surface area (TPSA) is 26.0 Å². The first kappa shape index (κ1) is 12.2. The first-order valence-electron chi connectivity index (χ1n) is 5.34. The van der Waals surface area contributed by atoms with Crippen LogP contribution >= 0.6 is 12.2 Å². The Morgan fingerprint density at radius 3 is 2.67 bits per heavy atom. The van der Waals surface area contributed by atoms with Gasteiger partial charge in [-0.3, -0.25) is 0 Å². The number of hydrogen-bond donors (Lipinski definition) is 1. The molecule has 82 valence electrons. The van der Waals surface area contributed by atoms with Crippen LogP contribution < -0.4 is 5.73 Å². The van der Waals surface area contributed by atoms with Gasteiger partial charge in [-0.25, -0.2) is 0 Å². The van der Waals surface area contributed by atoms with E-state index in [1.54, 1.807) is 0 Å². The molecule has 0 aromatic heterocycles. The Morgan fingerprint density at radius 2 is 2.07 bits per heavy atom. The summed E-state index contributed by atoms with van der Waals surface area (Å²) < 4.78 is 0. The summed E-state index contributed by atoms with van der Waals surface area (Å²) in [4.78, 5) is 0.618. The van der Waals surface area contributed by atoms with Gasteiger partial charge in [-0.2, -0.15) is 0 Å². The minimum atomic E-state index is 0.531. The summed E-state index contributed by atoms with van der Waals surface area (Å²) in [6, 6.07) is 6.46. The van der Waals surface area contributed by atoms with Gasteiger partial charge in [-0.15, -0.1) is 0 Å². The van der Waals surface area contributed by atoms with Crippen LogP contribution in [0.3, 0.4) is 0 Å². The molecule has 15 heavy (non-hydrogen) atoms. The fourth-order valence-corrected chi connectivity index (χ4v) is 2.11. The van der Waals surface area contributed by atoms with Gasteiger partial charge in [0.2, 0.25) is 0 Å². The molecule has 0 saturated carbocycles. The van der Waals surface area contributed by atoms with E-state index in [0.717, 1.165) is 12.8 Å². The normalized spacial score (nSPS) is 12.5. The zero-order valence-electron chi connectivity index (χ0n) is 9.71. The number of hydrogen-bond acceptors (Lipinski definition) is 1. The molecule has 1 aromatic carbocycles. The monoisotopic (exact) mass is 221 g/mol. The quantitative estimate of drug-likeness (QED) is 0.790. The summed E-state index contributed by atoms with van der Waals surface area (Å²) in [6.45, 7) is 6.52. The van der Waals surface area contributed by atoms with Gasteiger partial charge in [0.15, 0.2) is 0 Å². The SMILES string of the molecule is Cc1cccc(CC(C)CC(N)=S)c1C. The molecule has 0 heterocycles. The maximum absolute atomic E-state index is 5.55. The highest BCUT2D eigenvalue weighted by atomic mass is 32.1. The second-order valence-corrected chi connectivity index (χ2v) is 4.86. The molecule has 1 unspecified atom stereocenters. The number of thiocarbonyl (C=S) groups is 1. The van der Waals surface area contributed by atoms with Crippen LogP contribution in [0.5, 0.6) is 0 Å². The van der Waals surface area contributed by atoms with Crippen LogP contribution in [-0.4, -0.2) is 4.99 Å². The number of aryl methyl sites for hydroxylation is 1. The van der Waals surface area contributed by atoms with E-state index in [0.29, 0.717) is 10.9 Å². The molecule has 0 radical (unpaired) electrons. The minimum Gasteiger partial charge on any atom is -0.393 e. The van der Waals surface area contributed by atoms with Crippen LogP contribution in [-0.2, 0) is 6.42 Å². The largest absolute Gasteiger partial charge is 0.393 e. The maximum Gasteiger partial charge on any atom is 0.0730 e. The van der Waals surface area contributed by atoms with Crippen LogP contribution in [0, 0.1) is 19.8 Å². The molecule has 0 aliphatic carbocycles. The van der Waals surface area contributed by atoms with Gasteiger partial charge in [0.05, 0.1) is 4.99 Å². The second-order valence-electron chi connectivity index (χ2n) is 4.34. The summed E-state index contributed by atoms with van der Waals surface area (Å²) in [7, 11) is 0. The van der Waals surface area contributed by atoms with Crippen molar-refractivity contribution in [1.82, 2.24) is 0 Å². The summed E-state index contributed by atoms with van der Waals surface area (Å²) in [5.74, 6) is 0.531. The van der Waals surface area contributed by atoms with Crippen LogP contribution in [0.4, 0.5) is 0 Å². The van der Waals surface area contributed by atoms with Crippen molar-refractivity contribution in [2.45, 2.75) is 33.6 Å². The zero-order chi connectivity index (χ0) is 11.4. The van der Waals surface area contributed by atoms with E-state index in [2.05, 4.69) is 39.0 Å². The molecule has 1 rings (SSSR count). The van der Waals surface area contributed by atoms with E-state index in [1.807, 2.05) is 0 Å². The highest BCUT2D eigenvalue weighted by Gasteiger charge is 2.07. The Labute approximate surface area is 97.7 Å². The van der Waals surface area contributed by atoms with Gasteiger partial charge in [0.25, 0.3) is 0 Å². The predicted octanol–water partition coefficient (Wildman–Crippen LogP) is 3.16. The van der Waals surface area contributed by atoms with Gasteiger partial charge in [-0.1, -0.05) is 37.3 Å². The van der Waals surface area contributed by atoms with Crippen molar-refractivity contribution in [1.29, 1.82) is 0 Å². The molecule has 1 aromatic rings. The van der Waals surface area contributed by atoms with E-state index in [-0.39, 0.29) is 0 Å². The van der Waals surface area contributed by atoms with E-state index < -0.39 is 0 Å². The van der Waals surface area contributed by atoms with Crippen molar-refractivity contribution in [3.05, 3.63) is 34.9 Å². The third-order valence-corrected chi connectivity index (χ3v) is 3.00. The van der Waals surface area contributed by atoms with Crippen molar-refractivity contribution in [3.63, 3.8) is 0 Å². The van der Waals surface area contributed by atoms with Crippen molar-refractivity contribution in [3.8, 4) is 0 Å². The van der Waals surface area contributed by atoms with Gasteiger partial charge < -0.3 is 5.73 Å². The van der Waals surface area contributed by atoms with Crippen molar-refractivity contribution in [2.75, 3.05) is 0 Å². The zero-order valence-corrected chi connectivity index (χ0v) is 10.5. The molecule has 0 fully saturated rings. The molecule has 0 spiro atoms. The first-order valence-corrected chi connectivity index (χ1v) is 5.75. The Morgan fingerprint density at radius 1 is 1.40 bits per heavy atom. The Bertz CT molecular complexity index is 358.